The fraction of sp³-hybridized carbons (Fsp3) is 0.435. The maximum absolute atomic E-state index is 10.5. The van der Waals surface area contributed by atoms with Crippen LogP contribution in [0.25, 0.3) is 0 Å². The Morgan fingerprint density at radius 1 is 1.03 bits per heavy atom. The van der Waals surface area contributed by atoms with Crippen LogP contribution in [0.15, 0.2) is 54.6 Å². The number of piperazine rings is 1. The molecule has 1 saturated heterocycles. The molecule has 1 aliphatic rings. The highest BCUT2D eigenvalue weighted by molar-refractivity contribution is 6.30. The number of nitrogens with zero attached hydrogens (tertiary/aromatic N) is 2. The average molecular weight is 471 g/mol. The summed E-state index contributed by atoms with van der Waals surface area (Å²) in [6, 6.07) is 18.8. The second kappa shape index (κ2) is 15.2. The fourth-order valence-electron chi connectivity index (χ4n) is 3.49. The predicted molar refractivity (Wildman–Crippen MR) is 126 cm³/mol. The van der Waals surface area contributed by atoms with E-state index in [1.807, 2.05) is 18.2 Å². The van der Waals surface area contributed by atoms with Crippen LogP contribution in [0.3, 0.4) is 0 Å². The first-order chi connectivity index (χ1) is 14.5. The number of hydrogen-bond acceptors (Lipinski definition) is 5. The van der Waals surface area contributed by atoms with Crippen LogP contribution in [0.5, 0.6) is 0 Å². The summed E-state index contributed by atoms with van der Waals surface area (Å²) in [4.78, 5) is 15.3. The standard InChI is InChI=1S/C21H25ClN2O3.C2H6O.ClH/c22-19-8-6-18(7-9-19)21(17-4-2-1-3-5-17)24-12-10-23(11-13-24)14-15-27-16-20(25)26;1-2-3;/h1-9,21H,10-16H2,(H,25,26);3H,2H2,1H3;1H. The molecule has 1 aliphatic heterocycles. The molecule has 2 aromatic carbocycles. The van der Waals surface area contributed by atoms with Gasteiger partial charge in [0.25, 0.3) is 0 Å². The highest BCUT2D eigenvalue weighted by Gasteiger charge is 2.26. The summed E-state index contributed by atoms with van der Waals surface area (Å²) >= 11 is 6.08. The molecule has 1 fully saturated rings. The molecule has 6 nitrogen and oxygen atoms in total. The summed E-state index contributed by atoms with van der Waals surface area (Å²) in [7, 11) is 0. The molecular weight excluding hydrogens is 439 g/mol. The van der Waals surface area contributed by atoms with Crippen LogP contribution < -0.4 is 0 Å². The Balaban J connectivity index is 0.00000113. The maximum Gasteiger partial charge on any atom is 0.329 e. The van der Waals surface area contributed by atoms with Crippen LogP contribution in [0.4, 0.5) is 0 Å². The summed E-state index contributed by atoms with van der Waals surface area (Å²) in [5.41, 5.74) is 2.52. The highest BCUT2D eigenvalue weighted by atomic mass is 35.5. The van der Waals surface area contributed by atoms with E-state index in [2.05, 4.69) is 46.2 Å². The smallest absolute Gasteiger partial charge is 0.329 e. The fourth-order valence-corrected chi connectivity index (χ4v) is 3.62. The maximum atomic E-state index is 10.5. The SMILES string of the molecule is CCO.Cl.O=C(O)COCCN1CCN(C(c2ccccc2)c2ccc(Cl)cc2)CC1. The molecule has 0 aliphatic carbocycles. The van der Waals surface area contributed by atoms with Gasteiger partial charge in [0.05, 0.1) is 12.6 Å². The van der Waals surface area contributed by atoms with Crippen molar-refractivity contribution in [2.24, 2.45) is 0 Å². The number of benzene rings is 2. The molecule has 1 heterocycles. The molecule has 172 valence electrons. The van der Waals surface area contributed by atoms with Gasteiger partial charge in [0, 0.05) is 44.4 Å². The van der Waals surface area contributed by atoms with E-state index in [4.69, 9.17) is 26.6 Å². The predicted octanol–water partition coefficient (Wildman–Crippen LogP) is 3.57. The molecule has 0 bridgehead atoms. The van der Waals surface area contributed by atoms with Crippen molar-refractivity contribution in [2.45, 2.75) is 13.0 Å². The normalized spacial score (nSPS) is 15.3. The first-order valence-electron chi connectivity index (χ1n) is 10.2. The highest BCUT2D eigenvalue weighted by Crippen LogP contribution is 2.30. The molecule has 1 atom stereocenters. The Morgan fingerprint density at radius 2 is 1.58 bits per heavy atom. The van der Waals surface area contributed by atoms with Crippen molar-refractivity contribution < 1.29 is 19.7 Å². The van der Waals surface area contributed by atoms with Crippen LogP contribution in [0, 0.1) is 0 Å². The molecular formula is C23H32Cl2N2O4. The summed E-state index contributed by atoms with van der Waals surface area (Å²) < 4.78 is 5.15. The van der Waals surface area contributed by atoms with Crippen molar-refractivity contribution in [3.8, 4) is 0 Å². The minimum atomic E-state index is -0.923. The average Bonchev–Trinajstić information content (AvgIpc) is 2.75. The van der Waals surface area contributed by atoms with Gasteiger partial charge in [-0.15, -0.1) is 12.4 Å². The van der Waals surface area contributed by atoms with Crippen molar-refractivity contribution in [3.63, 3.8) is 0 Å². The van der Waals surface area contributed by atoms with E-state index in [0.717, 1.165) is 37.7 Å². The van der Waals surface area contributed by atoms with Crippen LogP contribution in [-0.2, 0) is 9.53 Å². The molecule has 2 N–H and O–H groups in total. The quantitative estimate of drug-likeness (QED) is 0.574. The largest absolute Gasteiger partial charge is 0.480 e. The van der Waals surface area contributed by atoms with E-state index in [0.29, 0.717) is 6.61 Å². The van der Waals surface area contributed by atoms with Crippen LogP contribution in [0.1, 0.15) is 24.1 Å². The Labute approximate surface area is 195 Å². The first-order valence-corrected chi connectivity index (χ1v) is 10.6. The lowest BCUT2D eigenvalue weighted by Gasteiger charge is -2.39. The Kier molecular flexibility index (Phi) is 13.4. The van der Waals surface area contributed by atoms with E-state index in [1.54, 1.807) is 6.92 Å². The van der Waals surface area contributed by atoms with Gasteiger partial charge in [-0.05, 0) is 30.2 Å². The number of aliphatic carboxylic acids is 1. The number of carbonyl (C=O) groups is 1. The Bertz CT molecular complexity index is 739. The third kappa shape index (κ3) is 9.56. The van der Waals surface area contributed by atoms with Crippen LogP contribution >= 0.6 is 24.0 Å². The first kappa shape index (κ1) is 27.4. The van der Waals surface area contributed by atoms with Gasteiger partial charge >= 0.3 is 5.97 Å². The summed E-state index contributed by atoms with van der Waals surface area (Å²) in [6.07, 6.45) is 0. The summed E-state index contributed by atoms with van der Waals surface area (Å²) in [5.74, 6) is -0.923. The number of ether oxygens (including phenoxy) is 1. The second-order valence-corrected chi connectivity index (χ2v) is 7.44. The number of rotatable bonds is 8. The van der Waals surface area contributed by atoms with E-state index in [1.165, 1.54) is 11.1 Å². The Hall–Kier alpha value is -1.67. The van der Waals surface area contributed by atoms with E-state index < -0.39 is 5.97 Å². The van der Waals surface area contributed by atoms with Gasteiger partial charge in [0.2, 0.25) is 0 Å². The van der Waals surface area contributed by atoms with Crippen molar-refractivity contribution in [2.75, 3.05) is 52.5 Å². The number of hydrogen-bond donors (Lipinski definition) is 2. The molecule has 31 heavy (non-hydrogen) atoms. The third-order valence-electron chi connectivity index (χ3n) is 4.85. The topological polar surface area (TPSA) is 73.2 Å². The molecule has 0 saturated carbocycles. The molecule has 0 spiro atoms. The van der Waals surface area contributed by atoms with Crippen molar-refractivity contribution in [3.05, 3.63) is 70.7 Å². The van der Waals surface area contributed by atoms with Crippen molar-refractivity contribution in [1.82, 2.24) is 9.80 Å². The zero-order valence-corrected chi connectivity index (χ0v) is 19.4. The lowest BCUT2D eigenvalue weighted by molar-refractivity contribution is -0.142. The van der Waals surface area contributed by atoms with Crippen LogP contribution in [0.2, 0.25) is 5.02 Å². The Morgan fingerprint density at radius 3 is 2.13 bits per heavy atom. The van der Waals surface area contributed by atoms with Gasteiger partial charge in [-0.3, -0.25) is 9.80 Å². The number of carboxylic acids is 1. The summed E-state index contributed by atoms with van der Waals surface area (Å²) in [5, 5.41) is 16.9. The van der Waals surface area contributed by atoms with Gasteiger partial charge in [-0.1, -0.05) is 54.1 Å². The zero-order chi connectivity index (χ0) is 21.8. The third-order valence-corrected chi connectivity index (χ3v) is 5.10. The number of aliphatic hydroxyl groups excluding tert-OH is 1. The molecule has 0 radical (unpaired) electrons. The van der Waals surface area contributed by atoms with Gasteiger partial charge in [-0.25, -0.2) is 4.79 Å². The lowest BCUT2D eigenvalue weighted by Crippen LogP contribution is -2.48. The van der Waals surface area contributed by atoms with Gasteiger partial charge in [0.1, 0.15) is 6.61 Å². The number of aliphatic hydroxyl groups is 1. The van der Waals surface area contributed by atoms with Crippen molar-refractivity contribution in [1.29, 1.82) is 0 Å². The van der Waals surface area contributed by atoms with Crippen LogP contribution in [-0.4, -0.2) is 78.5 Å². The summed E-state index contributed by atoms with van der Waals surface area (Å²) in [6.45, 7) is 6.68. The van der Waals surface area contributed by atoms with E-state index in [-0.39, 0.29) is 31.7 Å². The van der Waals surface area contributed by atoms with E-state index >= 15 is 0 Å². The monoisotopic (exact) mass is 470 g/mol. The van der Waals surface area contributed by atoms with Gasteiger partial charge < -0.3 is 14.9 Å². The minimum Gasteiger partial charge on any atom is -0.480 e. The molecule has 3 rings (SSSR count). The van der Waals surface area contributed by atoms with E-state index in [9.17, 15) is 4.79 Å². The minimum absolute atomic E-state index is 0. The molecule has 0 amide bonds. The molecule has 0 aromatic heterocycles. The second-order valence-electron chi connectivity index (χ2n) is 7.00. The van der Waals surface area contributed by atoms with Crippen molar-refractivity contribution >= 4 is 30.0 Å². The molecule has 8 heteroatoms. The zero-order valence-electron chi connectivity index (χ0n) is 17.8. The number of halogens is 2. The molecule has 2 aromatic rings. The van der Waals surface area contributed by atoms with Gasteiger partial charge in [-0.2, -0.15) is 0 Å². The number of carboxylic acid groups (broad SMARTS) is 1. The lowest BCUT2D eigenvalue weighted by atomic mass is 9.96. The molecule has 1 unspecified atom stereocenters. The van der Waals surface area contributed by atoms with Gasteiger partial charge in [0.15, 0.2) is 0 Å².